The van der Waals surface area contributed by atoms with Crippen LogP contribution in [-0.4, -0.2) is 11.1 Å². The smallest absolute Gasteiger partial charge is 0.137 e. The first kappa shape index (κ1) is 15.8. The maximum Gasteiger partial charge on any atom is 0.137 e. The van der Waals surface area contributed by atoms with Crippen LogP contribution in [0.4, 0.5) is 0 Å². The van der Waals surface area contributed by atoms with E-state index in [0.29, 0.717) is 11.5 Å². The predicted octanol–water partition coefficient (Wildman–Crippen LogP) is 5.39. The summed E-state index contributed by atoms with van der Waals surface area (Å²) in [6.07, 6.45) is 8.01. The normalized spacial score (nSPS) is 23.6. The molecule has 0 spiro atoms. The maximum absolute atomic E-state index is 6.20. The second-order valence-electron chi connectivity index (χ2n) is 6.88. The Morgan fingerprint density at radius 2 is 1.90 bits per heavy atom. The van der Waals surface area contributed by atoms with Crippen molar-refractivity contribution >= 4 is 15.9 Å². The fraction of sp³-hybridized carbons (Fsp3) is 0.706. The molecule has 0 aromatic carbocycles. The highest BCUT2D eigenvalue weighted by Crippen LogP contribution is 2.39. The number of nitrogens with zero attached hydrogens (tertiary/aromatic N) is 1. The van der Waals surface area contributed by atoms with Crippen LogP contribution in [0.2, 0.25) is 0 Å². The van der Waals surface area contributed by atoms with Crippen molar-refractivity contribution < 1.29 is 4.74 Å². The largest absolute Gasteiger partial charge is 0.489 e. The van der Waals surface area contributed by atoms with Crippen LogP contribution in [0, 0.1) is 11.3 Å². The first-order valence-corrected chi connectivity index (χ1v) is 8.51. The summed E-state index contributed by atoms with van der Waals surface area (Å²) in [5.41, 5.74) is 1.50. The Hall–Kier alpha value is -0.570. The minimum Gasteiger partial charge on any atom is -0.489 e. The van der Waals surface area contributed by atoms with E-state index in [-0.39, 0.29) is 0 Å². The molecule has 0 N–H and O–H groups in total. The lowest BCUT2D eigenvalue weighted by Crippen LogP contribution is -2.30. The molecule has 1 aromatic heterocycles. The first-order chi connectivity index (χ1) is 9.41. The van der Waals surface area contributed by atoms with Crippen molar-refractivity contribution in [3.05, 3.63) is 22.4 Å². The van der Waals surface area contributed by atoms with E-state index in [1.807, 2.05) is 12.3 Å². The van der Waals surface area contributed by atoms with Gasteiger partial charge in [-0.2, -0.15) is 0 Å². The van der Waals surface area contributed by atoms with Crippen LogP contribution in [0.1, 0.15) is 59.1 Å². The molecule has 112 valence electrons. The third-order valence-corrected chi connectivity index (χ3v) is 5.30. The minimum atomic E-state index is 0.358. The average molecular weight is 340 g/mol. The van der Waals surface area contributed by atoms with Gasteiger partial charge in [-0.15, -0.1) is 0 Å². The Kier molecular flexibility index (Phi) is 5.11. The number of aryl methyl sites for hydroxylation is 1. The summed E-state index contributed by atoms with van der Waals surface area (Å²) in [6.45, 7) is 9.18. The Morgan fingerprint density at radius 1 is 1.25 bits per heavy atom. The highest BCUT2D eigenvalue weighted by atomic mass is 79.9. The van der Waals surface area contributed by atoms with Crippen LogP contribution >= 0.6 is 15.9 Å². The van der Waals surface area contributed by atoms with Gasteiger partial charge in [-0.1, -0.05) is 27.7 Å². The van der Waals surface area contributed by atoms with Crippen LogP contribution in [0.3, 0.4) is 0 Å². The molecule has 2 rings (SSSR count). The van der Waals surface area contributed by atoms with Gasteiger partial charge < -0.3 is 4.74 Å². The lowest BCUT2D eigenvalue weighted by atomic mass is 9.72. The van der Waals surface area contributed by atoms with Crippen LogP contribution in [-0.2, 0) is 6.42 Å². The van der Waals surface area contributed by atoms with E-state index in [1.54, 1.807) is 0 Å². The lowest BCUT2D eigenvalue weighted by Gasteiger charge is -2.37. The zero-order valence-corrected chi connectivity index (χ0v) is 14.7. The number of hydrogen-bond acceptors (Lipinski definition) is 2. The summed E-state index contributed by atoms with van der Waals surface area (Å²) in [5, 5.41) is 0. The molecule has 0 aliphatic heterocycles. The van der Waals surface area contributed by atoms with Gasteiger partial charge in [-0.25, -0.2) is 0 Å². The molecule has 0 amide bonds. The first-order valence-electron chi connectivity index (χ1n) is 7.71. The van der Waals surface area contributed by atoms with Crippen molar-refractivity contribution in [1.82, 2.24) is 4.98 Å². The molecule has 0 radical (unpaired) electrons. The van der Waals surface area contributed by atoms with Crippen molar-refractivity contribution in [2.24, 2.45) is 11.3 Å². The number of pyridine rings is 1. The Balaban J connectivity index is 1.96. The van der Waals surface area contributed by atoms with E-state index >= 15 is 0 Å². The molecule has 0 bridgehead atoms. The van der Waals surface area contributed by atoms with Gasteiger partial charge in [-0.05, 0) is 65.4 Å². The van der Waals surface area contributed by atoms with E-state index in [4.69, 9.17) is 4.74 Å². The minimum absolute atomic E-state index is 0.358. The molecule has 1 heterocycles. The predicted molar refractivity (Wildman–Crippen MR) is 87.1 cm³/mol. The van der Waals surface area contributed by atoms with E-state index in [9.17, 15) is 0 Å². The third kappa shape index (κ3) is 3.75. The number of aromatic nitrogens is 1. The fourth-order valence-corrected chi connectivity index (χ4v) is 3.64. The van der Waals surface area contributed by atoms with Gasteiger partial charge >= 0.3 is 0 Å². The number of ether oxygens (including phenoxy) is 1. The topological polar surface area (TPSA) is 22.1 Å². The van der Waals surface area contributed by atoms with E-state index in [2.05, 4.69) is 48.6 Å². The van der Waals surface area contributed by atoms with Gasteiger partial charge in [0.15, 0.2) is 0 Å². The molecule has 2 nitrogen and oxygen atoms in total. The molecule has 3 heteroatoms. The van der Waals surface area contributed by atoms with Gasteiger partial charge in [-0.3, -0.25) is 4.98 Å². The van der Waals surface area contributed by atoms with Crippen molar-refractivity contribution in [2.75, 3.05) is 0 Å². The second-order valence-corrected chi connectivity index (χ2v) is 7.67. The summed E-state index contributed by atoms with van der Waals surface area (Å²) < 4.78 is 7.23. The number of hydrogen-bond donors (Lipinski definition) is 0. The van der Waals surface area contributed by atoms with Crippen LogP contribution in [0.5, 0.6) is 5.75 Å². The summed E-state index contributed by atoms with van der Waals surface area (Å²) in [7, 11) is 0. The Labute approximate surface area is 131 Å². The molecule has 1 fully saturated rings. The SMILES string of the molecule is CCc1nccc(OC2CCC(C(C)(C)C)CC2)c1Br. The summed E-state index contributed by atoms with van der Waals surface area (Å²) >= 11 is 3.62. The quantitative estimate of drug-likeness (QED) is 0.736. The van der Waals surface area contributed by atoms with Crippen LogP contribution < -0.4 is 4.74 Å². The van der Waals surface area contributed by atoms with Gasteiger partial charge in [0.1, 0.15) is 5.75 Å². The van der Waals surface area contributed by atoms with Crippen molar-refractivity contribution in [2.45, 2.75) is 65.9 Å². The zero-order valence-electron chi connectivity index (χ0n) is 13.1. The highest BCUT2D eigenvalue weighted by Gasteiger charge is 2.30. The standard InChI is InChI=1S/C17H26BrNO/c1-5-14-16(18)15(10-11-19-14)20-13-8-6-12(7-9-13)17(2,3)4/h10-13H,5-9H2,1-4H3. The Bertz CT molecular complexity index is 445. The molecule has 0 atom stereocenters. The van der Waals surface area contributed by atoms with E-state index in [0.717, 1.165) is 41.1 Å². The second kappa shape index (κ2) is 6.46. The van der Waals surface area contributed by atoms with Gasteiger partial charge in [0.2, 0.25) is 0 Å². The summed E-state index contributed by atoms with van der Waals surface area (Å²) in [6, 6.07) is 1.97. The van der Waals surface area contributed by atoms with E-state index in [1.165, 1.54) is 12.8 Å². The van der Waals surface area contributed by atoms with Gasteiger partial charge in [0.05, 0.1) is 16.3 Å². The van der Waals surface area contributed by atoms with Crippen molar-refractivity contribution in [3.63, 3.8) is 0 Å². The van der Waals surface area contributed by atoms with Gasteiger partial charge in [0, 0.05) is 6.20 Å². The third-order valence-electron chi connectivity index (χ3n) is 4.45. The molecule has 0 saturated heterocycles. The van der Waals surface area contributed by atoms with Crippen molar-refractivity contribution in [1.29, 1.82) is 0 Å². The molecule has 20 heavy (non-hydrogen) atoms. The number of halogens is 1. The molecule has 1 saturated carbocycles. The van der Waals surface area contributed by atoms with Gasteiger partial charge in [0.25, 0.3) is 0 Å². The van der Waals surface area contributed by atoms with Crippen LogP contribution in [0.15, 0.2) is 16.7 Å². The zero-order chi connectivity index (χ0) is 14.8. The molecule has 1 aliphatic carbocycles. The molecular formula is C17H26BrNO. The van der Waals surface area contributed by atoms with E-state index < -0.39 is 0 Å². The molecule has 1 aliphatic rings. The summed E-state index contributed by atoms with van der Waals surface area (Å²) in [5.74, 6) is 1.78. The fourth-order valence-electron chi connectivity index (χ4n) is 3.03. The highest BCUT2D eigenvalue weighted by molar-refractivity contribution is 9.10. The lowest BCUT2D eigenvalue weighted by molar-refractivity contribution is 0.0876. The average Bonchev–Trinajstić information content (AvgIpc) is 2.41. The molecule has 0 unspecified atom stereocenters. The molecular weight excluding hydrogens is 314 g/mol. The number of rotatable bonds is 3. The van der Waals surface area contributed by atoms with Crippen molar-refractivity contribution in [3.8, 4) is 5.75 Å². The molecule has 1 aromatic rings. The monoisotopic (exact) mass is 339 g/mol. The Morgan fingerprint density at radius 3 is 2.45 bits per heavy atom. The maximum atomic E-state index is 6.20. The van der Waals surface area contributed by atoms with Crippen LogP contribution in [0.25, 0.3) is 0 Å². The summed E-state index contributed by atoms with van der Waals surface area (Å²) in [4.78, 5) is 4.37.